The number of rotatable bonds is 9. The summed E-state index contributed by atoms with van der Waals surface area (Å²) in [4.78, 5) is 30.1. The van der Waals surface area contributed by atoms with Gasteiger partial charge in [0.05, 0.1) is 0 Å². The maximum Gasteiger partial charge on any atom is 0.251 e. The van der Waals surface area contributed by atoms with Crippen molar-refractivity contribution in [3.8, 4) is 5.75 Å². The lowest BCUT2D eigenvalue weighted by Crippen LogP contribution is -2.47. The van der Waals surface area contributed by atoms with Gasteiger partial charge in [0.25, 0.3) is 5.91 Å². The van der Waals surface area contributed by atoms with Crippen LogP contribution in [0.3, 0.4) is 0 Å². The summed E-state index contributed by atoms with van der Waals surface area (Å²) in [5, 5.41) is 3.06. The summed E-state index contributed by atoms with van der Waals surface area (Å²) >= 11 is 0. The molecule has 1 aliphatic rings. The lowest BCUT2D eigenvalue weighted by molar-refractivity contribution is 0.0951. The molecule has 3 aromatic rings. The van der Waals surface area contributed by atoms with Gasteiger partial charge in [-0.2, -0.15) is 0 Å². The third kappa shape index (κ3) is 6.29. The monoisotopic (exact) mass is 460 g/mol. The van der Waals surface area contributed by atoms with Crippen LogP contribution in [0.15, 0.2) is 55.1 Å². The van der Waals surface area contributed by atoms with E-state index in [1.165, 1.54) is 0 Å². The lowest BCUT2D eigenvalue weighted by atomic mass is 10.0. The van der Waals surface area contributed by atoms with E-state index in [2.05, 4.69) is 30.1 Å². The molecular formula is C26H32N6O2. The predicted octanol–water partition coefficient (Wildman–Crippen LogP) is 3.01. The van der Waals surface area contributed by atoms with Gasteiger partial charge in [-0.25, -0.2) is 9.97 Å². The van der Waals surface area contributed by atoms with E-state index in [4.69, 9.17) is 4.74 Å². The number of anilines is 1. The highest BCUT2D eigenvalue weighted by molar-refractivity contribution is 5.94. The fourth-order valence-electron chi connectivity index (χ4n) is 4.18. The molecular weight excluding hydrogens is 428 g/mol. The van der Waals surface area contributed by atoms with Gasteiger partial charge in [0.2, 0.25) is 5.95 Å². The second-order valence-electron chi connectivity index (χ2n) is 8.58. The Balaban J connectivity index is 1.20. The van der Waals surface area contributed by atoms with E-state index in [0.29, 0.717) is 18.7 Å². The molecule has 0 bridgehead atoms. The van der Waals surface area contributed by atoms with E-state index in [9.17, 15) is 4.79 Å². The molecule has 0 saturated carbocycles. The smallest absolute Gasteiger partial charge is 0.251 e. The minimum absolute atomic E-state index is 0.0453. The van der Waals surface area contributed by atoms with Gasteiger partial charge in [0.1, 0.15) is 12.4 Å². The first-order chi connectivity index (χ1) is 16.6. The molecule has 1 fully saturated rings. The zero-order chi connectivity index (χ0) is 23.8. The van der Waals surface area contributed by atoms with Gasteiger partial charge in [-0.3, -0.25) is 14.7 Å². The van der Waals surface area contributed by atoms with Crippen molar-refractivity contribution in [3.05, 3.63) is 77.4 Å². The summed E-state index contributed by atoms with van der Waals surface area (Å²) in [5.74, 6) is 1.57. The molecule has 8 heteroatoms. The first-order valence-electron chi connectivity index (χ1n) is 11.8. The molecule has 1 N–H and O–H groups in total. The molecule has 1 saturated heterocycles. The van der Waals surface area contributed by atoms with Gasteiger partial charge >= 0.3 is 0 Å². The van der Waals surface area contributed by atoms with Crippen LogP contribution in [0.25, 0.3) is 0 Å². The Bertz CT molecular complexity index is 1050. The van der Waals surface area contributed by atoms with Gasteiger partial charge in [-0.1, -0.05) is 6.07 Å². The normalized spacial score (nSPS) is 14.1. The largest absolute Gasteiger partial charge is 0.488 e. The molecule has 0 spiro atoms. The Morgan fingerprint density at radius 2 is 1.76 bits per heavy atom. The van der Waals surface area contributed by atoms with Crippen molar-refractivity contribution >= 4 is 11.9 Å². The fraction of sp³-hybridized carbons (Fsp3) is 0.385. The molecule has 3 heterocycles. The molecule has 0 atom stereocenters. The average Bonchev–Trinajstić information content (AvgIpc) is 2.87. The molecule has 1 aliphatic heterocycles. The second kappa shape index (κ2) is 11.6. The van der Waals surface area contributed by atoms with Crippen molar-refractivity contribution in [2.75, 3.05) is 44.2 Å². The number of carbonyl (C=O) groups excluding carboxylic acids is 1. The molecule has 4 rings (SSSR count). The van der Waals surface area contributed by atoms with Crippen LogP contribution in [-0.4, -0.2) is 65.0 Å². The Kier molecular flexibility index (Phi) is 8.04. The topological polar surface area (TPSA) is 83.5 Å². The van der Waals surface area contributed by atoms with E-state index < -0.39 is 0 Å². The summed E-state index contributed by atoms with van der Waals surface area (Å²) < 4.78 is 6.00. The molecule has 1 aromatic carbocycles. The number of aromatic nitrogens is 3. The molecule has 0 radical (unpaired) electrons. The van der Waals surface area contributed by atoms with E-state index in [1.54, 1.807) is 24.8 Å². The summed E-state index contributed by atoms with van der Waals surface area (Å²) in [6.07, 6.45) is 8.02. The molecule has 0 aliphatic carbocycles. The highest BCUT2D eigenvalue weighted by Crippen LogP contribution is 2.26. The van der Waals surface area contributed by atoms with Crippen molar-refractivity contribution < 1.29 is 9.53 Å². The predicted molar refractivity (Wildman–Crippen MR) is 132 cm³/mol. The Hall–Kier alpha value is -3.52. The number of piperazine rings is 1. The number of carbonyl (C=O) groups is 1. The van der Waals surface area contributed by atoms with Crippen molar-refractivity contribution in [2.45, 2.75) is 26.9 Å². The minimum Gasteiger partial charge on any atom is -0.488 e. The van der Waals surface area contributed by atoms with Crippen molar-refractivity contribution in [2.24, 2.45) is 0 Å². The molecule has 2 aromatic heterocycles. The first kappa shape index (κ1) is 23.6. The van der Waals surface area contributed by atoms with Gasteiger partial charge < -0.3 is 15.0 Å². The molecule has 8 nitrogen and oxygen atoms in total. The van der Waals surface area contributed by atoms with Crippen LogP contribution in [0.2, 0.25) is 0 Å². The maximum atomic E-state index is 12.7. The van der Waals surface area contributed by atoms with Crippen LogP contribution in [0.4, 0.5) is 5.95 Å². The van der Waals surface area contributed by atoms with Gasteiger partial charge in [0, 0.05) is 68.6 Å². The Morgan fingerprint density at radius 1 is 1.03 bits per heavy atom. The van der Waals surface area contributed by atoms with Crippen LogP contribution in [0, 0.1) is 13.8 Å². The summed E-state index contributed by atoms with van der Waals surface area (Å²) in [5.41, 5.74) is 3.58. The number of ether oxygens (including phenoxy) is 1. The number of nitrogens with zero attached hydrogens (tertiary/aromatic N) is 5. The zero-order valence-corrected chi connectivity index (χ0v) is 19.9. The van der Waals surface area contributed by atoms with E-state index in [0.717, 1.165) is 67.5 Å². The molecule has 178 valence electrons. The molecule has 0 unspecified atom stereocenters. The third-order valence-corrected chi connectivity index (χ3v) is 5.97. The van der Waals surface area contributed by atoms with Crippen molar-refractivity contribution in [1.29, 1.82) is 0 Å². The quantitative estimate of drug-likeness (QED) is 0.492. The fourth-order valence-corrected chi connectivity index (χ4v) is 4.18. The summed E-state index contributed by atoms with van der Waals surface area (Å²) in [6.45, 7) is 9.81. The van der Waals surface area contributed by atoms with E-state index in [1.807, 2.05) is 44.2 Å². The number of hydrogen-bond donors (Lipinski definition) is 1. The number of pyridine rings is 1. The van der Waals surface area contributed by atoms with Gasteiger partial charge in [-0.15, -0.1) is 0 Å². The standard InChI is InChI=1S/C26H32N6O2/c1-20-16-23(17-21(2)24(20)34-19-22-6-3-7-27-18-22)25(33)28-10-5-11-31-12-14-32(15-13-31)26-29-8-4-9-30-26/h3-4,6-9,16-18H,5,10-15,19H2,1-2H3,(H,28,33). The van der Waals surface area contributed by atoms with Crippen molar-refractivity contribution in [1.82, 2.24) is 25.2 Å². The van der Waals surface area contributed by atoms with Crippen LogP contribution in [0.5, 0.6) is 5.75 Å². The number of hydrogen-bond acceptors (Lipinski definition) is 7. The molecule has 34 heavy (non-hydrogen) atoms. The van der Waals surface area contributed by atoms with Gasteiger partial charge in [0.15, 0.2) is 0 Å². The van der Waals surface area contributed by atoms with Crippen LogP contribution >= 0.6 is 0 Å². The third-order valence-electron chi connectivity index (χ3n) is 5.97. The number of amides is 1. The van der Waals surface area contributed by atoms with E-state index in [-0.39, 0.29) is 5.91 Å². The lowest BCUT2D eigenvalue weighted by Gasteiger charge is -2.34. The van der Waals surface area contributed by atoms with Crippen molar-refractivity contribution in [3.63, 3.8) is 0 Å². The SMILES string of the molecule is Cc1cc(C(=O)NCCCN2CCN(c3ncccn3)CC2)cc(C)c1OCc1cccnc1. The second-order valence-corrected chi connectivity index (χ2v) is 8.58. The van der Waals surface area contributed by atoms with Crippen LogP contribution in [0.1, 0.15) is 33.5 Å². The maximum absolute atomic E-state index is 12.7. The first-order valence-corrected chi connectivity index (χ1v) is 11.8. The molecule has 1 amide bonds. The number of aryl methyl sites for hydroxylation is 2. The Morgan fingerprint density at radius 3 is 2.44 bits per heavy atom. The minimum atomic E-state index is -0.0453. The highest BCUT2D eigenvalue weighted by atomic mass is 16.5. The number of nitrogens with one attached hydrogen (secondary N) is 1. The Labute approximate surface area is 201 Å². The number of benzene rings is 1. The van der Waals surface area contributed by atoms with Crippen LogP contribution in [-0.2, 0) is 6.61 Å². The summed E-state index contributed by atoms with van der Waals surface area (Å²) in [6, 6.07) is 9.50. The summed E-state index contributed by atoms with van der Waals surface area (Å²) in [7, 11) is 0. The van der Waals surface area contributed by atoms with Crippen LogP contribution < -0.4 is 15.0 Å². The zero-order valence-electron chi connectivity index (χ0n) is 19.9. The van der Waals surface area contributed by atoms with Gasteiger partial charge in [-0.05, 0) is 62.2 Å². The highest BCUT2D eigenvalue weighted by Gasteiger charge is 2.18. The van der Waals surface area contributed by atoms with E-state index >= 15 is 0 Å². The average molecular weight is 461 g/mol.